The van der Waals surface area contributed by atoms with E-state index in [0.29, 0.717) is 0 Å². The predicted octanol–water partition coefficient (Wildman–Crippen LogP) is 1.27. The zero-order chi connectivity index (χ0) is 9.26. The van der Waals surface area contributed by atoms with Gasteiger partial charge in [0, 0.05) is 17.5 Å². The highest BCUT2D eigenvalue weighted by Crippen LogP contribution is 2.05. The molecule has 0 spiro atoms. The first-order valence-corrected chi connectivity index (χ1v) is 4.24. The number of rotatable bonds is 2. The van der Waals surface area contributed by atoms with Crippen molar-refractivity contribution >= 4 is 0 Å². The Morgan fingerprint density at radius 3 is 2.85 bits per heavy atom. The Balaban J connectivity index is 2.23. The summed E-state index contributed by atoms with van der Waals surface area (Å²) in [5.41, 5.74) is 3.38. The Labute approximate surface area is 76.6 Å². The molecule has 0 aromatic carbocycles. The van der Waals surface area contributed by atoms with Crippen LogP contribution in [0.4, 0.5) is 0 Å². The summed E-state index contributed by atoms with van der Waals surface area (Å²) in [7, 11) is 0. The van der Waals surface area contributed by atoms with Crippen molar-refractivity contribution in [3.05, 3.63) is 35.4 Å². The van der Waals surface area contributed by atoms with Crippen molar-refractivity contribution in [2.75, 3.05) is 0 Å². The molecule has 2 aromatic heterocycles. The monoisotopic (exact) mass is 176 g/mol. The van der Waals surface area contributed by atoms with Crippen LogP contribution in [-0.4, -0.2) is 20.0 Å². The van der Waals surface area contributed by atoms with Crippen LogP contribution >= 0.6 is 0 Å². The van der Waals surface area contributed by atoms with E-state index in [2.05, 4.69) is 28.3 Å². The summed E-state index contributed by atoms with van der Waals surface area (Å²) in [5.74, 6) is 0. The predicted molar refractivity (Wildman–Crippen MR) is 49.4 cm³/mol. The smallest absolute Gasteiger partial charge is 0.0693 e. The summed E-state index contributed by atoms with van der Waals surface area (Å²) in [6, 6.07) is 2.07. The highest BCUT2D eigenvalue weighted by molar-refractivity contribution is 5.10. The molecule has 0 amide bonds. The van der Waals surface area contributed by atoms with Crippen LogP contribution in [0.1, 0.15) is 17.0 Å². The number of H-pyrrole nitrogens is 1. The van der Waals surface area contributed by atoms with Crippen molar-refractivity contribution in [2.24, 2.45) is 0 Å². The van der Waals surface area contributed by atoms with Gasteiger partial charge in [0.1, 0.15) is 0 Å². The first kappa shape index (κ1) is 8.04. The minimum atomic E-state index is 0.788. The lowest BCUT2D eigenvalue weighted by Crippen LogP contribution is -2.02. The van der Waals surface area contributed by atoms with E-state index in [4.69, 9.17) is 0 Å². The molecule has 0 bridgehead atoms. The zero-order valence-corrected chi connectivity index (χ0v) is 7.78. The third-order valence-electron chi connectivity index (χ3n) is 1.99. The van der Waals surface area contributed by atoms with Gasteiger partial charge in [-0.05, 0) is 19.9 Å². The Morgan fingerprint density at radius 2 is 2.31 bits per heavy atom. The third kappa shape index (κ3) is 1.61. The van der Waals surface area contributed by atoms with Gasteiger partial charge >= 0.3 is 0 Å². The summed E-state index contributed by atoms with van der Waals surface area (Å²) in [4.78, 5) is 0. The third-order valence-corrected chi connectivity index (χ3v) is 1.99. The molecule has 68 valence electrons. The fourth-order valence-electron chi connectivity index (χ4n) is 1.37. The molecule has 2 rings (SSSR count). The van der Waals surface area contributed by atoms with Crippen molar-refractivity contribution in [3.8, 4) is 0 Å². The summed E-state index contributed by atoms with van der Waals surface area (Å²) < 4.78 is 1.97. The second-order valence-electron chi connectivity index (χ2n) is 3.19. The second-order valence-corrected chi connectivity index (χ2v) is 3.19. The van der Waals surface area contributed by atoms with E-state index < -0.39 is 0 Å². The summed E-state index contributed by atoms with van der Waals surface area (Å²) in [5, 5.41) is 11.0. The zero-order valence-electron chi connectivity index (χ0n) is 7.78. The van der Waals surface area contributed by atoms with E-state index >= 15 is 0 Å². The molecule has 0 saturated heterocycles. The van der Waals surface area contributed by atoms with Gasteiger partial charge in [-0.3, -0.25) is 9.78 Å². The van der Waals surface area contributed by atoms with Gasteiger partial charge in [-0.25, -0.2) is 0 Å². The fourth-order valence-corrected chi connectivity index (χ4v) is 1.37. The molecule has 2 heterocycles. The number of aromatic amines is 1. The molecule has 0 aliphatic heterocycles. The molecule has 0 saturated carbocycles. The SMILES string of the molecule is Cc1cc(C)n(Cc2cn[nH]c2)n1. The molecule has 0 fully saturated rings. The molecule has 13 heavy (non-hydrogen) atoms. The Hall–Kier alpha value is -1.58. The quantitative estimate of drug-likeness (QED) is 0.749. The maximum absolute atomic E-state index is 4.36. The van der Waals surface area contributed by atoms with E-state index in [0.717, 1.165) is 17.8 Å². The van der Waals surface area contributed by atoms with Gasteiger partial charge in [0.15, 0.2) is 0 Å². The molecule has 1 N–H and O–H groups in total. The molecule has 0 aliphatic carbocycles. The number of nitrogens with one attached hydrogen (secondary N) is 1. The van der Waals surface area contributed by atoms with Crippen molar-refractivity contribution in [1.29, 1.82) is 0 Å². The van der Waals surface area contributed by atoms with Crippen molar-refractivity contribution < 1.29 is 0 Å². The van der Waals surface area contributed by atoms with E-state index in [1.165, 1.54) is 5.69 Å². The maximum Gasteiger partial charge on any atom is 0.0693 e. The van der Waals surface area contributed by atoms with Crippen LogP contribution < -0.4 is 0 Å². The topological polar surface area (TPSA) is 46.5 Å². The molecular weight excluding hydrogens is 164 g/mol. The Bertz CT molecular complexity index is 386. The van der Waals surface area contributed by atoms with Gasteiger partial charge in [0.2, 0.25) is 0 Å². The highest BCUT2D eigenvalue weighted by Gasteiger charge is 2.01. The summed E-state index contributed by atoms with van der Waals surface area (Å²) in [6.07, 6.45) is 3.70. The van der Waals surface area contributed by atoms with Crippen LogP contribution in [0.5, 0.6) is 0 Å². The molecule has 4 nitrogen and oxygen atoms in total. The van der Waals surface area contributed by atoms with Crippen LogP contribution in [0.15, 0.2) is 18.5 Å². The van der Waals surface area contributed by atoms with Gasteiger partial charge in [0.25, 0.3) is 0 Å². The largest absolute Gasteiger partial charge is 0.285 e. The summed E-state index contributed by atoms with van der Waals surface area (Å²) in [6.45, 7) is 4.84. The average Bonchev–Trinajstić information content (AvgIpc) is 2.63. The average molecular weight is 176 g/mol. The van der Waals surface area contributed by atoms with Crippen molar-refractivity contribution in [1.82, 2.24) is 20.0 Å². The van der Waals surface area contributed by atoms with Gasteiger partial charge in [0.05, 0.1) is 18.4 Å². The number of hydrogen-bond donors (Lipinski definition) is 1. The van der Waals surface area contributed by atoms with E-state index in [9.17, 15) is 0 Å². The van der Waals surface area contributed by atoms with Crippen LogP contribution in [0.2, 0.25) is 0 Å². The minimum Gasteiger partial charge on any atom is -0.285 e. The lowest BCUT2D eigenvalue weighted by Gasteiger charge is -2.00. The van der Waals surface area contributed by atoms with Crippen LogP contribution in [-0.2, 0) is 6.54 Å². The minimum absolute atomic E-state index is 0.788. The molecule has 0 unspecified atom stereocenters. The van der Waals surface area contributed by atoms with Crippen LogP contribution in [0.25, 0.3) is 0 Å². The van der Waals surface area contributed by atoms with Crippen molar-refractivity contribution in [3.63, 3.8) is 0 Å². The molecular formula is C9H12N4. The van der Waals surface area contributed by atoms with Crippen LogP contribution in [0, 0.1) is 13.8 Å². The van der Waals surface area contributed by atoms with Crippen molar-refractivity contribution in [2.45, 2.75) is 20.4 Å². The Morgan fingerprint density at radius 1 is 1.46 bits per heavy atom. The standard InChI is InChI=1S/C9H12N4/c1-7-3-8(2)13(12-7)6-9-4-10-11-5-9/h3-5H,6H2,1-2H3,(H,10,11). The first-order chi connectivity index (χ1) is 6.25. The van der Waals surface area contributed by atoms with Gasteiger partial charge in [-0.15, -0.1) is 0 Å². The number of aryl methyl sites for hydroxylation is 2. The lowest BCUT2D eigenvalue weighted by atomic mass is 10.3. The lowest BCUT2D eigenvalue weighted by molar-refractivity contribution is 0.659. The van der Waals surface area contributed by atoms with Gasteiger partial charge < -0.3 is 0 Å². The van der Waals surface area contributed by atoms with Gasteiger partial charge in [-0.1, -0.05) is 0 Å². The molecule has 2 aromatic rings. The number of aromatic nitrogens is 4. The van der Waals surface area contributed by atoms with E-state index in [-0.39, 0.29) is 0 Å². The van der Waals surface area contributed by atoms with E-state index in [1.807, 2.05) is 24.0 Å². The second kappa shape index (κ2) is 3.05. The van der Waals surface area contributed by atoms with Crippen LogP contribution in [0.3, 0.4) is 0 Å². The highest BCUT2D eigenvalue weighted by atomic mass is 15.3. The van der Waals surface area contributed by atoms with Gasteiger partial charge in [-0.2, -0.15) is 10.2 Å². The maximum atomic E-state index is 4.36. The fraction of sp³-hybridized carbons (Fsp3) is 0.333. The molecule has 0 radical (unpaired) electrons. The first-order valence-electron chi connectivity index (χ1n) is 4.24. The van der Waals surface area contributed by atoms with E-state index in [1.54, 1.807) is 0 Å². The molecule has 0 atom stereocenters. The molecule has 0 aliphatic rings. The summed E-state index contributed by atoms with van der Waals surface area (Å²) >= 11 is 0. The molecule has 4 heteroatoms. The number of nitrogens with zero attached hydrogens (tertiary/aromatic N) is 3. The number of hydrogen-bond acceptors (Lipinski definition) is 2. The normalized spacial score (nSPS) is 10.6. The Kier molecular flexibility index (Phi) is 1.88.